The number of nitrogens with zero attached hydrogens (tertiary/aromatic N) is 5. The molecule has 1 unspecified atom stereocenters. The Morgan fingerprint density at radius 3 is 2.62 bits per heavy atom. The molecule has 0 saturated carbocycles. The van der Waals surface area contributed by atoms with Crippen LogP contribution in [0.4, 0.5) is 5.95 Å². The zero-order valence-corrected chi connectivity index (χ0v) is 18.6. The minimum atomic E-state index is 0.354. The number of guanidine groups is 1. The fourth-order valence-electron chi connectivity index (χ4n) is 3.51. The van der Waals surface area contributed by atoms with Crippen LogP contribution in [-0.4, -0.2) is 73.2 Å². The predicted molar refractivity (Wildman–Crippen MR) is 122 cm³/mol. The lowest BCUT2D eigenvalue weighted by atomic mass is 10.2. The minimum Gasteiger partial charge on any atom is -0.356 e. The lowest BCUT2D eigenvalue weighted by Gasteiger charge is -2.34. The molecule has 2 aromatic rings. The zero-order valence-electron chi connectivity index (χ0n) is 17.8. The van der Waals surface area contributed by atoms with Gasteiger partial charge in [-0.25, -0.2) is 9.97 Å². The third kappa shape index (κ3) is 6.97. The molecule has 2 N–H and O–H groups in total. The Morgan fingerprint density at radius 2 is 1.97 bits per heavy atom. The van der Waals surface area contributed by atoms with Crippen molar-refractivity contribution in [1.82, 2.24) is 25.5 Å². The third-order valence-corrected chi connectivity index (χ3v) is 6.08. The first kappa shape index (κ1) is 21.5. The van der Waals surface area contributed by atoms with Crippen molar-refractivity contribution in [3.05, 3.63) is 40.3 Å². The maximum absolute atomic E-state index is 4.37. The summed E-state index contributed by atoms with van der Waals surface area (Å²) in [4.78, 5) is 20.6. The molecule has 7 nitrogen and oxygen atoms in total. The summed E-state index contributed by atoms with van der Waals surface area (Å²) in [7, 11) is 1.84. The molecule has 0 aliphatic carbocycles. The first-order chi connectivity index (χ1) is 14.1. The molecular weight excluding hydrogens is 382 g/mol. The van der Waals surface area contributed by atoms with Gasteiger partial charge in [-0.2, -0.15) is 0 Å². The Morgan fingerprint density at radius 1 is 1.21 bits per heavy atom. The molecule has 158 valence electrons. The van der Waals surface area contributed by atoms with Crippen LogP contribution < -0.4 is 15.5 Å². The summed E-state index contributed by atoms with van der Waals surface area (Å²) in [6, 6.07) is 6.62. The van der Waals surface area contributed by atoms with Crippen LogP contribution in [0.25, 0.3) is 0 Å². The second-order valence-electron chi connectivity index (χ2n) is 7.49. The Kier molecular flexibility index (Phi) is 8.25. The van der Waals surface area contributed by atoms with Crippen LogP contribution in [0.5, 0.6) is 0 Å². The van der Waals surface area contributed by atoms with Gasteiger partial charge in [0, 0.05) is 74.4 Å². The van der Waals surface area contributed by atoms with Gasteiger partial charge in [0.25, 0.3) is 0 Å². The first-order valence-electron chi connectivity index (χ1n) is 10.4. The Hall–Kier alpha value is -2.19. The van der Waals surface area contributed by atoms with E-state index in [1.54, 1.807) is 0 Å². The second kappa shape index (κ2) is 11.1. The van der Waals surface area contributed by atoms with Gasteiger partial charge in [0.15, 0.2) is 5.96 Å². The summed E-state index contributed by atoms with van der Waals surface area (Å²) in [6.45, 7) is 10.5. The summed E-state index contributed by atoms with van der Waals surface area (Å²) in [5, 5.41) is 6.95. The van der Waals surface area contributed by atoms with E-state index in [0.29, 0.717) is 6.04 Å². The zero-order chi connectivity index (χ0) is 20.5. The van der Waals surface area contributed by atoms with Crippen molar-refractivity contribution in [2.45, 2.75) is 32.7 Å². The third-order valence-electron chi connectivity index (χ3n) is 5.06. The molecule has 0 bridgehead atoms. The van der Waals surface area contributed by atoms with E-state index in [2.05, 4.69) is 61.4 Å². The van der Waals surface area contributed by atoms with Crippen LogP contribution in [0.3, 0.4) is 0 Å². The van der Waals surface area contributed by atoms with E-state index in [-0.39, 0.29) is 0 Å². The topological polar surface area (TPSA) is 68.7 Å². The lowest BCUT2D eigenvalue weighted by Crippen LogP contribution is -2.48. The Bertz CT molecular complexity index is 753. The summed E-state index contributed by atoms with van der Waals surface area (Å²) < 4.78 is 0. The normalized spacial score (nSPS) is 16.7. The van der Waals surface area contributed by atoms with Crippen molar-refractivity contribution in [2.75, 3.05) is 51.2 Å². The van der Waals surface area contributed by atoms with E-state index in [9.17, 15) is 0 Å². The highest BCUT2D eigenvalue weighted by atomic mass is 32.1. The molecule has 1 fully saturated rings. The van der Waals surface area contributed by atoms with Gasteiger partial charge < -0.3 is 15.5 Å². The summed E-state index contributed by atoms with van der Waals surface area (Å²) in [6.07, 6.45) is 5.74. The number of aromatic nitrogens is 2. The molecular formula is C21H33N7S. The van der Waals surface area contributed by atoms with Crippen LogP contribution in [0.15, 0.2) is 35.6 Å². The van der Waals surface area contributed by atoms with Gasteiger partial charge in [-0.15, -0.1) is 11.3 Å². The predicted octanol–water partition coefficient (Wildman–Crippen LogP) is 2.15. The van der Waals surface area contributed by atoms with Gasteiger partial charge in [-0.3, -0.25) is 9.89 Å². The van der Waals surface area contributed by atoms with Gasteiger partial charge >= 0.3 is 0 Å². The minimum absolute atomic E-state index is 0.354. The number of hydrogen-bond acceptors (Lipinski definition) is 6. The summed E-state index contributed by atoms with van der Waals surface area (Å²) in [5.74, 6) is 1.73. The van der Waals surface area contributed by atoms with E-state index < -0.39 is 0 Å². The van der Waals surface area contributed by atoms with E-state index in [1.165, 1.54) is 9.75 Å². The average molecular weight is 416 g/mol. The lowest BCUT2D eigenvalue weighted by molar-refractivity contribution is 0.254. The number of anilines is 1. The molecule has 2 aromatic heterocycles. The van der Waals surface area contributed by atoms with E-state index in [0.717, 1.165) is 64.0 Å². The molecule has 29 heavy (non-hydrogen) atoms. The van der Waals surface area contributed by atoms with E-state index in [4.69, 9.17) is 0 Å². The van der Waals surface area contributed by atoms with Crippen molar-refractivity contribution in [2.24, 2.45) is 4.99 Å². The Labute approximate surface area is 178 Å². The molecule has 1 aliphatic heterocycles. The van der Waals surface area contributed by atoms with Crippen molar-refractivity contribution >= 4 is 23.2 Å². The standard InChI is InChI=1S/C21H33N7S/c1-17(16-19-7-6-18(2)29-19)26-20(22-3)23-10-5-11-27-12-14-28(15-13-27)21-24-8-4-9-25-21/h4,6-9,17H,5,10-16H2,1-3H3,(H2,22,23,26). The quantitative estimate of drug-likeness (QED) is 0.391. The number of thiophene rings is 1. The summed E-state index contributed by atoms with van der Waals surface area (Å²) in [5.41, 5.74) is 0. The highest BCUT2D eigenvalue weighted by Crippen LogP contribution is 2.16. The maximum atomic E-state index is 4.37. The van der Waals surface area contributed by atoms with Crippen LogP contribution in [0.2, 0.25) is 0 Å². The van der Waals surface area contributed by atoms with Gasteiger partial charge in [-0.05, 0) is 45.0 Å². The van der Waals surface area contributed by atoms with E-state index >= 15 is 0 Å². The fraction of sp³-hybridized carbons (Fsp3) is 0.571. The number of rotatable bonds is 8. The number of nitrogens with one attached hydrogen (secondary N) is 2. The molecule has 3 heterocycles. The fourth-order valence-corrected chi connectivity index (χ4v) is 4.53. The van der Waals surface area contributed by atoms with Crippen molar-refractivity contribution < 1.29 is 0 Å². The largest absolute Gasteiger partial charge is 0.356 e. The molecule has 1 atom stereocenters. The van der Waals surface area contributed by atoms with E-state index in [1.807, 2.05) is 36.8 Å². The molecule has 1 aliphatic rings. The van der Waals surface area contributed by atoms with Gasteiger partial charge in [0.05, 0.1) is 0 Å². The van der Waals surface area contributed by atoms with Crippen LogP contribution in [-0.2, 0) is 6.42 Å². The van der Waals surface area contributed by atoms with Gasteiger partial charge in [-0.1, -0.05) is 0 Å². The van der Waals surface area contributed by atoms with Crippen LogP contribution in [0.1, 0.15) is 23.1 Å². The number of aryl methyl sites for hydroxylation is 1. The maximum Gasteiger partial charge on any atom is 0.225 e. The molecule has 0 radical (unpaired) electrons. The number of piperazine rings is 1. The Balaban J connectivity index is 1.30. The number of hydrogen-bond donors (Lipinski definition) is 2. The van der Waals surface area contributed by atoms with Gasteiger partial charge in [0.2, 0.25) is 5.95 Å². The first-order valence-corrected chi connectivity index (χ1v) is 11.2. The molecule has 1 saturated heterocycles. The highest BCUT2D eigenvalue weighted by Gasteiger charge is 2.18. The van der Waals surface area contributed by atoms with Crippen molar-refractivity contribution in [3.8, 4) is 0 Å². The monoisotopic (exact) mass is 415 g/mol. The molecule has 0 aromatic carbocycles. The molecule has 3 rings (SSSR count). The van der Waals surface area contributed by atoms with Crippen molar-refractivity contribution in [1.29, 1.82) is 0 Å². The second-order valence-corrected chi connectivity index (χ2v) is 8.86. The number of aliphatic imine (C=N–C) groups is 1. The molecule has 8 heteroatoms. The van der Waals surface area contributed by atoms with Crippen LogP contribution in [0, 0.1) is 6.92 Å². The van der Waals surface area contributed by atoms with Crippen molar-refractivity contribution in [3.63, 3.8) is 0 Å². The molecule has 0 spiro atoms. The summed E-state index contributed by atoms with van der Waals surface area (Å²) >= 11 is 1.87. The highest BCUT2D eigenvalue weighted by molar-refractivity contribution is 7.11. The smallest absolute Gasteiger partial charge is 0.225 e. The van der Waals surface area contributed by atoms with Crippen LogP contribution >= 0.6 is 11.3 Å². The molecule has 0 amide bonds. The SMILES string of the molecule is CN=C(NCCCN1CCN(c2ncccn2)CC1)NC(C)Cc1ccc(C)s1. The van der Waals surface area contributed by atoms with Gasteiger partial charge in [0.1, 0.15) is 0 Å². The average Bonchev–Trinajstić information content (AvgIpc) is 3.15.